The number of amides is 2. The number of nitrogens with one attached hydrogen (secondary N) is 3. The highest BCUT2D eigenvalue weighted by molar-refractivity contribution is 5.94. The van der Waals surface area contributed by atoms with Crippen molar-refractivity contribution in [2.45, 2.75) is 39.7 Å². The van der Waals surface area contributed by atoms with E-state index >= 15 is 0 Å². The van der Waals surface area contributed by atoms with Crippen LogP contribution < -0.4 is 10.6 Å². The van der Waals surface area contributed by atoms with E-state index in [0.29, 0.717) is 38.3 Å². The van der Waals surface area contributed by atoms with E-state index in [0.717, 1.165) is 35.3 Å². The van der Waals surface area contributed by atoms with Crippen molar-refractivity contribution in [2.75, 3.05) is 25.0 Å². The number of nitrogens with zero attached hydrogens (tertiary/aromatic N) is 3. The van der Waals surface area contributed by atoms with Crippen molar-refractivity contribution in [2.24, 2.45) is 5.41 Å². The van der Waals surface area contributed by atoms with Gasteiger partial charge in [0.15, 0.2) is 5.69 Å². The number of aromatic amines is 1. The van der Waals surface area contributed by atoms with Gasteiger partial charge in [-0.3, -0.25) is 19.7 Å². The van der Waals surface area contributed by atoms with Gasteiger partial charge in [-0.25, -0.2) is 0 Å². The van der Waals surface area contributed by atoms with Crippen molar-refractivity contribution in [3.05, 3.63) is 41.0 Å². The Kier molecular flexibility index (Phi) is 4.78. The van der Waals surface area contributed by atoms with E-state index < -0.39 is 0 Å². The summed E-state index contributed by atoms with van der Waals surface area (Å²) in [5.41, 5.74) is 4.16. The second-order valence-electron chi connectivity index (χ2n) is 7.94. The smallest absolute Gasteiger partial charge is 0.272 e. The number of aromatic nitrogens is 3. The molecule has 1 aliphatic carbocycles. The van der Waals surface area contributed by atoms with Gasteiger partial charge in [0.25, 0.3) is 5.91 Å². The molecule has 3 heterocycles. The van der Waals surface area contributed by atoms with Gasteiger partial charge in [-0.05, 0) is 37.8 Å². The first-order valence-electron chi connectivity index (χ1n) is 9.76. The fraction of sp³-hybridized carbons (Fsp3) is 0.500. The average molecular weight is 382 g/mol. The highest BCUT2D eigenvalue weighted by Crippen LogP contribution is 2.47. The molecular formula is C20H26N6O2. The van der Waals surface area contributed by atoms with Crippen molar-refractivity contribution in [1.29, 1.82) is 0 Å². The number of pyridine rings is 1. The van der Waals surface area contributed by atoms with Gasteiger partial charge in [0.05, 0.1) is 12.2 Å². The van der Waals surface area contributed by atoms with E-state index in [1.165, 1.54) is 0 Å². The Morgan fingerprint density at radius 2 is 2.14 bits per heavy atom. The zero-order valence-electron chi connectivity index (χ0n) is 16.3. The number of H-pyrrole nitrogens is 1. The average Bonchev–Trinajstić information content (AvgIpc) is 3.31. The lowest BCUT2D eigenvalue weighted by atomic mass is 10.0. The second-order valence-corrected chi connectivity index (χ2v) is 7.94. The van der Waals surface area contributed by atoms with Crippen LogP contribution in [-0.2, 0) is 17.8 Å². The number of rotatable bonds is 6. The predicted octanol–water partition coefficient (Wildman–Crippen LogP) is 1.64. The molecule has 1 saturated carbocycles. The van der Waals surface area contributed by atoms with E-state index in [4.69, 9.17) is 0 Å². The summed E-state index contributed by atoms with van der Waals surface area (Å²) in [5, 5.41) is 13.4. The van der Waals surface area contributed by atoms with Crippen LogP contribution in [0.15, 0.2) is 18.5 Å². The first kappa shape index (κ1) is 18.5. The molecule has 0 aromatic carbocycles. The van der Waals surface area contributed by atoms with Gasteiger partial charge in [0.2, 0.25) is 5.91 Å². The molecule has 8 nitrogen and oxygen atoms in total. The molecule has 148 valence electrons. The minimum atomic E-state index is -0.181. The molecule has 0 unspecified atom stereocenters. The maximum Gasteiger partial charge on any atom is 0.272 e. The molecule has 0 radical (unpaired) electrons. The Labute approximate surface area is 164 Å². The van der Waals surface area contributed by atoms with Gasteiger partial charge in [-0.15, -0.1) is 0 Å². The molecule has 0 spiro atoms. The lowest BCUT2D eigenvalue weighted by Crippen LogP contribution is -2.40. The van der Waals surface area contributed by atoms with Crippen LogP contribution in [0.1, 0.15) is 47.1 Å². The van der Waals surface area contributed by atoms with E-state index in [9.17, 15) is 9.59 Å². The molecule has 2 aromatic rings. The van der Waals surface area contributed by atoms with E-state index in [-0.39, 0.29) is 17.2 Å². The van der Waals surface area contributed by atoms with Crippen LogP contribution in [0.4, 0.5) is 5.69 Å². The highest BCUT2D eigenvalue weighted by Gasteiger charge is 2.47. The largest absolute Gasteiger partial charge is 0.383 e. The summed E-state index contributed by atoms with van der Waals surface area (Å²) in [6.07, 6.45) is 6.14. The van der Waals surface area contributed by atoms with Gasteiger partial charge < -0.3 is 15.5 Å². The molecule has 1 aliphatic heterocycles. The van der Waals surface area contributed by atoms with Gasteiger partial charge in [-0.2, -0.15) is 5.10 Å². The molecule has 0 saturated heterocycles. The number of fused-ring (bicyclic) bond motifs is 1. The van der Waals surface area contributed by atoms with E-state index in [2.05, 4.69) is 25.8 Å². The Morgan fingerprint density at radius 1 is 1.32 bits per heavy atom. The third-order valence-corrected chi connectivity index (χ3v) is 5.70. The van der Waals surface area contributed by atoms with Gasteiger partial charge in [-0.1, -0.05) is 6.92 Å². The molecule has 2 aliphatic rings. The van der Waals surface area contributed by atoms with Crippen molar-refractivity contribution >= 4 is 17.5 Å². The lowest BCUT2D eigenvalue weighted by Gasteiger charge is -2.29. The Hall–Kier alpha value is -2.90. The third-order valence-electron chi connectivity index (χ3n) is 5.70. The topological polar surface area (TPSA) is 103 Å². The Morgan fingerprint density at radius 3 is 2.89 bits per heavy atom. The monoisotopic (exact) mass is 382 g/mol. The SMILES string of the molecule is Cc1cnccc1NCCNC(=O)c1n[nH]c2c1CCN(C(=O)C1(C)CC1)C2. The Bertz CT molecular complexity index is 902. The number of aryl methyl sites for hydroxylation is 1. The number of hydrogen-bond acceptors (Lipinski definition) is 5. The number of carbonyl (C=O) groups is 2. The minimum absolute atomic E-state index is 0.169. The normalized spacial score (nSPS) is 17.0. The molecule has 0 atom stereocenters. The van der Waals surface area contributed by atoms with E-state index in [1.54, 1.807) is 12.4 Å². The summed E-state index contributed by atoms with van der Waals surface area (Å²) in [6.45, 7) is 6.27. The second kappa shape index (κ2) is 7.26. The Balaban J connectivity index is 1.31. The zero-order chi connectivity index (χ0) is 19.7. The molecule has 2 amide bonds. The van der Waals surface area contributed by atoms with Crippen LogP contribution in [0.2, 0.25) is 0 Å². The molecule has 1 fully saturated rings. The van der Waals surface area contributed by atoms with Crippen LogP contribution in [0.5, 0.6) is 0 Å². The van der Waals surface area contributed by atoms with Gasteiger partial charge in [0, 0.05) is 48.7 Å². The number of hydrogen-bond donors (Lipinski definition) is 3. The lowest BCUT2D eigenvalue weighted by molar-refractivity contribution is -0.137. The molecule has 3 N–H and O–H groups in total. The van der Waals surface area contributed by atoms with Crippen molar-refractivity contribution < 1.29 is 9.59 Å². The number of carbonyl (C=O) groups excluding carboxylic acids is 2. The summed E-state index contributed by atoms with van der Waals surface area (Å²) >= 11 is 0. The molecule has 4 rings (SSSR count). The maximum absolute atomic E-state index is 12.5. The van der Waals surface area contributed by atoms with Crippen LogP contribution in [0.25, 0.3) is 0 Å². The van der Waals surface area contributed by atoms with Gasteiger partial charge >= 0.3 is 0 Å². The minimum Gasteiger partial charge on any atom is -0.383 e. The van der Waals surface area contributed by atoms with Gasteiger partial charge in [0.1, 0.15) is 0 Å². The first-order chi connectivity index (χ1) is 13.5. The summed E-state index contributed by atoms with van der Waals surface area (Å²) in [5.74, 6) is 0.0379. The molecule has 2 aromatic heterocycles. The number of anilines is 1. The fourth-order valence-electron chi connectivity index (χ4n) is 3.59. The van der Waals surface area contributed by atoms with Crippen LogP contribution >= 0.6 is 0 Å². The summed E-state index contributed by atoms with van der Waals surface area (Å²) in [6, 6.07) is 1.91. The molecule has 28 heavy (non-hydrogen) atoms. The molecule has 0 bridgehead atoms. The van der Waals surface area contributed by atoms with Crippen molar-refractivity contribution in [3.63, 3.8) is 0 Å². The fourth-order valence-corrected chi connectivity index (χ4v) is 3.59. The molecule has 8 heteroatoms. The standard InChI is InChI=1S/C20H26N6O2/c1-13-11-21-7-3-15(13)22-8-9-23-18(27)17-14-4-10-26(12-16(14)24-25-17)19(28)20(2)5-6-20/h3,7,11H,4-6,8-10,12H2,1-2H3,(H,21,22)(H,23,27)(H,24,25). The van der Waals surface area contributed by atoms with Crippen LogP contribution in [0.3, 0.4) is 0 Å². The predicted molar refractivity (Wildman–Crippen MR) is 105 cm³/mol. The third kappa shape index (κ3) is 3.58. The summed E-state index contributed by atoms with van der Waals surface area (Å²) in [7, 11) is 0. The van der Waals surface area contributed by atoms with Crippen LogP contribution in [0, 0.1) is 12.3 Å². The van der Waals surface area contributed by atoms with Crippen molar-refractivity contribution in [3.8, 4) is 0 Å². The van der Waals surface area contributed by atoms with Crippen LogP contribution in [-0.4, -0.2) is 51.5 Å². The maximum atomic E-state index is 12.5. The first-order valence-corrected chi connectivity index (χ1v) is 9.76. The summed E-state index contributed by atoms with van der Waals surface area (Å²) < 4.78 is 0. The highest BCUT2D eigenvalue weighted by atomic mass is 16.2. The summed E-state index contributed by atoms with van der Waals surface area (Å²) in [4.78, 5) is 31.0. The van der Waals surface area contributed by atoms with Crippen molar-refractivity contribution in [1.82, 2.24) is 25.4 Å². The molecular weight excluding hydrogens is 356 g/mol. The quantitative estimate of drug-likeness (QED) is 0.659. The van der Waals surface area contributed by atoms with E-state index in [1.807, 2.05) is 24.8 Å². The zero-order valence-corrected chi connectivity index (χ0v) is 16.3.